The van der Waals surface area contributed by atoms with Crippen molar-refractivity contribution in [3.05, 3.63) is 29.7 Å². The average Bonchev–Trinajstić information content (AvgIpc) is 3.29. The quantitative estimate of drug-likeness (QED) is 0.644. The van der Waals surface area contributed by atoms with Gasteiger partial charge in [-0.3, -0.25) is 4.79 Å². The number of carbonyl (C=O) groups excluding carboxylic acids is 1. The van der Waals surface area contributed by atoms with E-state index in [1.54, 1.807) is 15.6 Å². The van der Waals surface area contributed by atoms with Crippen molar-refractivity contribution in [1.29, 1.82) is 0 Å². The van der Waals surface area contributed by atoms with E-state index in [-0.39, 0.29) is 17.4 Å². The Morgan fingerprint density at radius 2 is 2.00 bits per heavy atom. The molecule has 2 aliphatic rings. The molecule has 0 N–H and O–H groups in total. The molecule has 2 aliphatic heterocycles. The van der Waals surface area contributed by atoms with Crippen LogP contribution in [0, 0.1) is 0 Å². The number of carbonyl (C=O) groups is 1. The third kappa shape index (κ3) is 3.06. The number of rotatable bonds is 3. The highest BCUT2D eigenvalue weighted by Crippen LogP contribution is 2.26. The Labute approximate surface area is 174 Å². The molecule has 30 heavy (non-hydrogen) atoms. The number of anilines is 1. The van der Waals surface area contributed by atoms with Crippen molar-refractivity contribution >= 4 is 17.4 Å². The first-order chi connectivity index (χ1) is 14.3. The molecular formula is C20H26N8O2. The first kappa shape index (κ1) is 18.8. The van der Waals surface area contributed by atoms with E-state index >= 15 is 0 Å². The van der Waals surface area contributed by atoms with Gasteiger partial charge in [-0.1, -0.05) is 20.8 Å². The standard InChI is InChI=1S/C20H26N8O2/c1-20(2,3)19-22-21-15-6-7-16(24-28(15)19)26-11-13(12-26)25(4)18(29)14-10-17-27(23-14)8-5-9-30-17/h6-7,10,13H,5,8-9,11-12H2,1-4H3. The van der Waals surface area contributed by atoms with E-state index in [2.05, 4.69) is 41.0 Å². The summed E-state index contributed by atoms with van der Waals surface area (Å²) in [5, 5.41) is 17.7. The van der Waals surface area contributed by atoms with Gasteiger partial charge in [-0.25, -0.2) is 4.68 Å². The minimum absolute atomic E-state index is 0.0811. The summed E-state index contributed by atoms with van der Waals surface area (Å²) in [6.07, 6.45) is 0.913. The minimum Gasteiger partial charge on any atom is -0.478 e. The minimum atomic E-state index is -0.150. The van der Waals surface area contributed by atoms with Crippen molar-refractivity contribution in [2.24, 2.45) is 0 Å². The number of hydrogen-bond acceptors (Lipinski definition) is 7. The van der Waals surface area contributed by atoms with Gasteiger partial charge in [-0.05, 0) is 12.1 Å². The second-order valence-electron chi connectivity index (χ2n) is 9.00. The highest BCUT2D eigenvalue weighted by atomic mass is 16.5. The summed E-state index contributed by atoms with van der Waals surface area (Å²) in [5.41, 5.74) is 1.02. The molecule has 0 atom stereocenters. The highest BCUT2D eigenvalue weighted by molar-refractivity contribution is 5.93. The van der Waals surface area contributed by atoms with Crippen LogP contribution in [0.5, 0.6) is 5.88 Å². The largest absolute Gasteiger partial charge is 0.478 e. The lowest BCUT2D eigenvalue weighted by atomic mass is 9.96. The molecule has 5 heterocycles. The molecule has 1 amide bonds. The zero-order valence-electron chi connectivity index (χ0n) is 17.7. The van der Waals surface area contributed by atoms with Crippen LogP contribution in [0.25, 0.3) is 5.65 Å². The molecule has 0 unspecified atom stereocenters. The molecule has 0 aliphatic carbocycles. The number of aryl methyl sites for hydroxylation is 1. The van der Waals surface area contributed by atoms with E-state index in [9.17, 15) is 4.79 Å². The number of fused-ring (bicyclic) bond motifs is 2. The van der Waals surface area contributed by atoms with Crippen LogP contribution >= 0.6 is 0 Å². The van der Waals surface area contributed by atoms with Crippen LogP contribution in [0.15, 0.2) is 18.2 Å². The van der Waals surface area contributed by atoms with Gasteiger partial charge in [-0.15, -0.1) is 15.3 Å². The molecule has 158 valence electrons. The molecule has 1 fully saturated rings. The lowest BCUT2D eigenvalue weighted by Gasteiger charge is -2.44. The maximum atomic E-state index is 12.9. The summed E-state index contributed by atoms with van der Waals surface area (Å²) in [7, 11) is 1.83. The number of nitrogens with zero attached hydrogens (tertiary/aromatic N) is 8. The van der Waals surface area contributed by atoms with Crippen LogP contribution < -0.4 is 9.64 Å². The zero-order valence-corrected chi connectivity index (χ0v) is 17.7. The van der Waals surface area contributed by atoms with Gasteiger partial charge in [0.1, 0.15) is 5.82 Å². The Morgan fingerprint density at radius 3 is 2.73 bits per heavy atom. The Kier molecular flexibility index (Phi) is 4.19. The van der Waals surface area contributed by atoms with Crippen LogP contribution in [-0.4, -0.2) is 73.2 Å². The summed E-state index contributed by atoms with van der Waals surface area (Å²) < 4.78 is 9.15. The SMILES string of the molecule is CN(C(=O)c1cc2n(n1)CCCO2)C1CN(c2ccc3nnc(C(C)(C)C)n3n2)C1. The smallest absolute Gasteiger partial charge is 0.274 e. The summed E-state index contributed by atoms with van der Waals surface area (Å²) in [6.45, 7) is 9.19. The van der Waals surface area contributed by atoms with Gasteiger partial charge < -0.3 is 14.5 Å². The predicted octanol–water partition coefficient (Wildman–Crippen LogP) is 1.36. The summed E-state index contributed by atoms with van der Waals surface area (Å²) >= 11 is 0. The van der Waals surface area contributed by atoms with Crippen molar-refractivity contribution in [2.45, 2.75) is 45.2 Å². The maximum absolute atomic E-state index is 12.9. The summed E-state index contributed by atoms with van der Waals surface area (Å²) in [6, 6.07) is 5.74. The Balaban J connectivity index is 1.28. The van der Waals surface area contributed by atoms with Crippen molar-refractivity contribution in [3.63, 3.8) is 0 Å². The molecule has 3 aromatic heterocycles. The van der Waals surface area contributed by atoms with Crippen molar-refractivity contribution < 1.29 is 9.53 Å². The van der Waals surface area contributed by atoms with E-state index in [1.165, 1.54) is 0 Å². The Morgan fingerprint density at radius 1 is 1.20 bits per heavy atom. The third-order valence-corrected chi connectivity index (χ3v) is 5.70. The predicted molar refractivity (Wildman–Crippen MR) is 110 cm³/mol. The zero-order chi connectivity index (χ0) is 21.0. The summed E-state index contributed by atoms with van der Waals surface area (Å²) in [5.74, 6) is 2.28. The van der Waals surface area contributed by atoms with Crippen molar-refractivity contribution in [2.75, 3.05) is 31.6 Å². The maximum Gasteiger partial charge on any atom is 0.274 e. The molecule has 5 rings (SSSR count). The van der Waals surface area contributed by atoms with Gasteiger partial charge in [0.25, 0.3) is 5.91 Å². The van der Waals surface area contributed by atoms with Crippen LogP contribution in [0.1, 0.15) is 43.5 Å². The Bertz CT molecular complexity index is 1080. The highest BCUT2D eigenvalue weighted by Gasteiger charge is 2.35. The van der Waals surface area contributed by atoms with Crippen LogP contribution in [-0.2, 0) is 12.0 Å². The molecular weight excluding hydrogens is 384 g/mol. The molecule has 10 nitrogen and oxygen atoms in total. The van der Waals surface area contributed by atoms with Gasteiger partial charge in [0.05, 0.1) is 12.6 Å². The van der Waals surface area contributed by atoms with Crippen molar-refractivity contribution in [1.82, 2.24) is 34.5 Å². The second-order valence-corrected chi connectivity index (χ2v) is 9.00. The van der Waals surface area contributed by atoms with Crippen LogP contribution in [0.4, 0.5) is 5.82 Å². The van der Waals surface area contributed by atoms with Crippen molar-refractivity contribution in [3.8, 4) is 5.88 Å². The van der Waals surface area contributed by atoms with Crippen LogP contribution in [0.3, 0.4) is 0 Å². The molecule has 0 saturated carbocycles. The monoisotopic (exact) mass is 410 g/mol. The lowest BCUT2D eigenvalue weighted by Crippen LogP contribution is -2.60. The third-order valence-electron chi connectivity index (χ3n) is 5.70. The van der Waals surface area contributed by atoms with Gasteiger partial charge >= 0.3 is 0 Å². The van der Waals surface area contributed by atoms with Gasteiger partial charge in [0, 0.05) is 44.6 Å². The van der Waals surface area contributed by atoms with E-state index in [0.717, 1.165) is 43.3 Å². The van der Waals surface area contributed by atoms with Crippen LogP contribution in [0.2, 0.25) is 0 Å². The molecule has 0 aromatic carbocycles. The fourth-order valence-electron chi connectivity index (χ4n) is 3.82. The molecule has 0 spiro atoms. The second kappa shape index (κ2) is 6.68. The van der Waals surface area contributed by atoms with Gasteiger partial charge in [0.15, 0.2) is 17.2 Å². The molecule has 3 aromatic rings. The molecule has 10 heteroatoms. The average molecular weight is 410 g/mol. The normalized spacial score (nSPS) is 16.9. The van der Waals surface area contributed by atoms with E-state index < -0.39 is 0 Å². The van der Waals surface area contributed by atoms with Gasteiger partial charge in [0.2, 0.25) is 5.88 Å². The van der Waals surface area contributed by atoms with E-state index in [0.29, 0.717) is 18.2 Å². The number of likely N-dealkylation sites (N-methyl/N-ethyl adjacent to an activating group) is 1. The molecule has 0 radical (unpaired) electrons. The fourth-order valence-corrected chi connectivity index (χ4v) is 3.82. The molecule has 1 saturated heterocycles. The van der Waals surface area contributed by atoms with E-state index in [4.69, 9.17) is 9.84 Å². The number of aromatic nitrogens is 6. The number of amides is 1. The van der Waals surface area contributed by atoms with Gasteiger partial charge in [-0.2, -0.15) is 9.61 Å². The number of hydrogen-bond donors (Lipinski definition) is 0. The first-order valence-corrected chi connectivity index (χ1v) is 10.3. The first-order valence-electron chi connectivity index (χ1n) is 10.3. The molecule has 0 bridgehead atoms. The Hall–Kier alpha value is -3.17. The van der Waals surface area contributed by atoms with E-state index in [1.807, 2.05) is 23.7 Å². The summed E-state index contributed by atoms with van der Waals surface area (Å²) in [4.78, 5) is 16.8. The lowest BCUT2D eigenvalue weighted by molar-refractivity contribution is 0.0698. The topological polar surface area (TPSA) is 93.7 Å². The fraction of sp³-hybridized carbons (Fsp3) is 0.550. The number of ether oxygens (including phenoxy) is 1.